The minimum absolute atomic E-state index is 0.292. The van der Waals surface area contributed by atoms with Crippen LogP contribution in [0, 0.1) is 0 Å². The van der Waals surface area contributed by atoms with Gasteiger partial charge in [-0.3, -0.25) is 15.1 Å². The van der Waals surface area contributed by atoms with Crippen molar-refractivity contribution in [2.75, 3.05) is 31.1 Å². The quantitative estimate of drug-likeness (QED) is 0.490. The molecule has 21 heavy (non-hydrogen) atoms. The van der Waals surface area contributed by atoms with Crippen LogP contribution in [0.3, 0.4) is 0 Å². The number of furan rings is 1. The lowest BCUT2D eigenvalue weighted by atomic mass is 10.2. The van der Waals surface area contributed by atoms with Crippen LogP contribution in [-0.4, -0.2) is 42.0 Å². The number of carbonyl (C=O) groups excluding carboxylic acids is 1. The Morgan fingerprint density at radius 1 is 1.43 bits per heavy atom. The third kappa shape index (κ3) is 3.07. The van der Waals surface area contributed by atoms with Gasteiger partial charge in [0.2, 0.25) is 0 Å². The van der Waals surface area contributed by atoms with E-state index in [9.17, 15) is 4.79 Å². The van der Waals surface area contributed by atoms with Crippen LogP contribution in [0.15, 0.2) is 28.3 Å². The number of carbonyl (C=O) groups is 1. The Morgan fingerprint density at radius 2 is 2.24 bits per heavy atom. The monoisotopic (exact) mass is 307 g/mol. The van der Waals surface area contributed by atoms with Crippen molar-refractivity contribution in [3.63, 3.8) is 0 Å². The molecule has 0 bridgehead atoms. The molecule has 0 atom stereocenters. The second kappa shape index (κ2) is 6.25. The smallest absolute Gasteiger partial charge is 0.301 e. The fourth-order valence-corrected chi connectivity index (χ4v) is 3.13. The van der Waals surface area contributed by atoms with Gasteiger partial charge in [0.25, 0.3) is 0 Å². The summed E-state index contributed by atoms with van der Waals surface area (Å²) in [5, 5.41) is 3.06. The predicted octanol–water partition coefficient (Wildman–Crippen LogP) is 0.662. The molecule has 0 saturated carbocycles. The Kier molecular flexibility index (Phi) is 4.18. The van der Waals surface area contributed by atoms with Gasteiger partial charge in [0, 0.05) is 49.9 Å². The Hall–Kier alpha value is -1.90. The molecule has 0 radical (unpaired) electrons. The van der Waals surface area contributed by atoms with Gasteiger partial charge in [-0.05, 0) is 6.07 Å². The lowest BCUT2D eigenvalue weighted by Crippen LogP contribution is -2.46. The number of nitrogens with one attached hydrogen (secondary N) is 1. The molecular weight excluding hydrogens is 290 g/mol. The number of thiazole rings is 1. The van der Waals surface area contributed by atoms with E-state index in [4.69, 9.17) is 10.3 Å². The maximum absolute atomic E-state index is 11.6. The summed E-state index contributed by atoms with van der Waals surface area (Å²) >= 11 is 1.66. The molecule has 1 amide bonds. The molecule has 0 aliphatic carbocycles. The van der Waals surface area contributed by atoms with Crippen LogP contribution in [0.1, 0.15) is 16.1 Å². The zero-order valence-electron chi connectivity index (χ0n) is 11.5. The number of rotatable bonds is 4. The van der Waals surface area contributed by atoms with Gasteiger partial charge < -0.3 is 9.32 Å². The zero-order chi connectivity index (χ0) is 14.7. The van der Waals surface area contributed by atoms with Gasteiger partial charge in [-0.1, -0.05) is 0 Å². The molecule has 3 N–H and O–H groups in total. The van der Waals surface area contributed by atoms with Crippen LogP contribution in [-0.2, 0) is 6.54 Å². The number of hydrazine groups is 1. The van der Waals surface area contributed by atoms with E-state index in [0.717, 1.165) is 36.9 Å². The minimum Gasteiger partial charge on any atom is -0.459 e. The van der Waals surface area contributed by atoms with E-state index in [-0.39, 0.29) is 0 Å². The molecule has 1 aliphatic rings. The van der Waals surface area contributed by atoms with E-state index in [0.29, 0.717) is 12.3 Å². The number of nitrogens with two attached hydrogens (primary N) is 1. The number of nitrogen functional groups attached to an aromatic ring is 1. The molecule has 7 nitrogen and oxygen atoms in total. The van der Waals surface area contributed by atoms with E-state index in [1.165, 1.54) is 6.26 Å². The topological polar surface area (TPSA) is 87.6 Å². The molecule has 1 saturated heterocycles. The molecule has 0 unspecified atom stereocenters. The maximum atomic E-state index is 11.6. The first-order valence-electron chi connectivity index (χ1n) is 6.72. The molecule has 3 heterocycles. The fraction of sp³-hybridized carbons (Fsp3) is 0.385. The molecule has 0 spiro atoms. The summed E-state index contributed by atoms with van der Waals surface area (Å²) in [7, 11) is 0. The second-order valence-corrected chi connectivity index (χ2v) is 5.70. The SMILES string of the molecule is NNC(=O)c1occc1CN1CCN(c2nccs2)CC1. The molecule has 8 heteroatoms. The van der Waals surface area contributed by atoms with Crippen LogP contribution in [0.4, 0.5) is 5.13 Å². The highest BCUT2D eigenvalue weighted by Gasteiger charge is 2.21. The number of piperazine rings is 1. The first-order valence-corrected chi connectivity index (χ1v) is 7.60. The molecule has 112 valence electrons. The predicted molar refractivity (Wildman–Crippen MR) is 80.0 cm³/mol. The number of anilines is 1. The zero-order valence-corrected chi connectivity index (χ0v) is 12.3. The summed E-state index contributed by atoms with van der Waals surface area (Å²) in [4.78, 5) is 20.5. The fourth-order valence-electron chi connectivity index (χ4n) is 2.44. The van der Waals surface area contributed by atoms with Crippen molar-refractivity contribution < 1.29 is 9.21 Å². The van der Waals surface area contributed by atoms with Gasteiger partial charge in [-0.2, -0.15) is 0 Å². The number of hydrogen-bond acceptors (Lipinski definition) is 7. The summed E-state index contributed by atoms with van der Waals surface area (Å²) in [5.74, 6) is 5.05. The molecule has 2 aromatic heterocycles. The largest absolute Gasteiger partial charge is 0.459 e. The van der Waals surface area contributed by atoms with E-state index in [1.54, 1.807) is 11.3 Å². The Morgan fingerprint density at radius 3 is 2.90 bits per heavy atom. The lowest BCUT2D eigenvalue weighted by molar-refractivity contribution is 0.0923. The van der Waals surface area contributed by atoms with Crippen LogP contribution in [0.2, 0.25) is 0 Å². The summed E-state index contributed by atoms with van der Waals surface area (Å²) < 4.78 is 5.20. The summed E-state index contributed by atoms with van der Waals surface area (Å²) in [6, 6.07) is 1.82. The first-order chi connectivity index (χ1) is 10.3. The van der Waals surface area contributed by atoms with Gasteiger partial charge in [0.05, 0.1) is 6.26 Å². The Balaban J connectivity index is 1.58. The van der Waals surface area contributed by atoms with E-state index >= 15 is 0 Å². The number of aromatic nitrogens is 1. The van der Waals surface area contributed by atoms with Crippen LogP contribution in [0.25, 0.3) is 0 Å². The van der Waals surface area contributed by atoms with Gasteiger partial charge in [0.1, 0.15) is 0 Å². The molecule has 2 aromatic rings. The summed E-state index contributed by atoms with van der Waals surface area (Å²) in [6.07, 6.45) is 3.35. The second-order valence-electron chi connectivity index (χ2n) is 4.83. The number of amides is 1. The standard InChI is InChI=1S/C13H17N5O2S/c14-16-12(19)11-10(1-7-20-11)9-17-3-5-18(6-4-17)13-15-2-8-21-13/h1-2,7-8H,3-6,9,14H2,(H,16,19). The third-order valence-corrected chi connectivity index (χ3v) is 4.37. The lowest BCUT2D eigenvalue weighted by Gasteiger charge is -2.34. The maximum Gasteiger partial charge on any atom is 0.301 e. The van der Waals surface area contributed by atoms with Crippen LogP contribution in [0.5, 0.6) is 0 Å². The average molecular weight is 307 g/mol. The third-order valence-electron chi connectivity index (χ3n) is 3.54. The number of hydrogen-bond donors (Lipinski definition) is 2. The van der Waals surface area contributed by atoms with Gasteiger partial charge >= 0.3 is 5.91 Å². The highest BCUT2D eigenvalue weighted by Crippen LogP contribution is 2.20. The Bertz CT molecular complexity index is 589. The van der Waals surface area contributed by atoms with Crippen molar-refractivity contribution in [3.05, 3.63) is 35.2 Å². The van der Waals surface area contributed by atoms with Gasteiger partial charge in [0.15, 0.2) is 10.9 Å². The van der Waals surface area contributed by atoms with E-state index in [1.807, 2.05) is 17.6 Å². The highest BCUT2D eigenvalue weighted by atomic mass is 32.1. The van der Waals surface area contributed by atoms with Gasteiger partial charge in [-0.15, -0.1) is 11.3 Å². The summed E-state index contributed by atoms with van der Waals surface area (Å²) in [6.45, 7) is 4.40. The first kappa shape index (κ1) is 14.1. The summed E-state index contributed by atoms with van der Waals surface area (Å²) in [5.41, 5.74) is 2.97. The van der Waals surface area contributed by atoms with Crippen molar-refractivity contribution in [3.8, 4) is 0 Å². The van der Waals surface area contributed by atoms with E-state index < -0.39 is 5.91 Å². The normalized spacial score (nSPS) is 16.1. The van der Waals surface area contributed by atoms with Crippen molar-refractivity contribution >= 4 is 22.4 Å². The Labute approximate surface area is 126 Å². The van der Waals surface area contributed by atoms with Crippen molar-refractivity contribution in [1.29, 1.82) is 0 Å². The van der Waals surface area contributed by atoms with Crippen molar-refractivity contribution in [2.24, 2.45) is 5.84 Å². The molecule has 1 fully saturated rings. The molecule has 1 aliphatic heterocycles. The molecule has 0 aromatic carbocycles. The average Bonchev–Trinajstić information content (AvgIpc) is 3.18. The molecular formula is C13H17N5O2S. The van der Waals surface area contributed by atoms with E-state index in [2.05, 4.69) is 20.2 Å². The van der Waals surface area contributed by atoms with Crippen molar-refractivity contribution in [1.82, 2.24) is 15.3 Å². The van der Waals surface area contributed by atoms with Gasteiger partial charge in [-0.25, -0.2) is 10.8 Å². The minimum atomic E-state index is -0.392. The number of nitrogens with zero attached hydrogens (tertiary/aromatic N) is 3. The van der Waals surface area contributed by atoms with Crippen molar-refractivity contribution in [2.45, 2.75) is 6.54 Å². The van der Waals surface area contributed by atoms with Crippen LogP contribution >= 0.6 is 11.3 Å². The molecule has 3 rings (SSSR count). The van der Waals surface area contributed by atoms with Crippen LogP contribution < -0.4 is 16.2 Å². The highest BCUT2D eigenvalue weighted by molar-refractivity contribution is 7.13.